The van der Waals surface area contributed by atoms with E-state index in [1.807, 2.05) is 0 Å². The molecule has 21 heavy (non-hydrogen) atoms. The molecule has 2 N–H and O–H groups in total. The Morgan fingerprint density at radius 2 is 2.14 bits per heavy atom. The van der Waals surface area contributed by atoms with Gasteiger partial charge in [-0.3, -0.25) is 8.61 Å². The average Bonchev–Trinajstić information content (AvgIpc) is 2.75. The van der Waals surface area contributed by atoms with Crippen LogP contribution in [0.3, 0.4) is 0 Å². The third-order valence-electron chi connectivity index (χ3n) is 2.82. The van der Waals surface area contributed by atoms with E-state index in [-0.39, 0.29) is 16.6 Å². The standard InChI is InChI=1S/C12H18N4O3S2/c1-9(8-20(3)17)15-21(18,19)12-11(13-2)14-10-6-4-5-7-16(10)12/h4-7,9,13,15H,8H2,1-3H3. The molecule has 0 bridgehead atoms. The molecule has 2 aromatic heterocycles. The summed E-state index contributed by atoms with van der Waals surface area (Å²) in [6, 6.07) is 4.82. The van der Waals surface area contributed by atoms with Gasteiger partial charge < -0.3 is 5.32 Å². The summed E-state index contributed by atoms with van der Waals surface area (Å²) in [5.74, 6) is 0.531. The van der Waals surface area contributed by atoms with Gasteiger partial charge in [0.1, 0.15) is 5.65 Å². The Balaban J connectivity index is 2.46. The second-order valence-electron chi connectivity index (χ2n) is 4.71. The number of aromatic nitrogens is 2. The van der Waals surface area contributed by atoms with Gasteiger partial charge in [-0.05, 0) is 19.1 Å². The highest BCUT2D eigenvalue weighted by molar-refractivity contribution is 7.89. The third-order valence-corrected chi connectivity index (χ3v) is 5.40. The molecular weight excluding hydrogens is 312 g/mol. The molecule has 0 radical (unpaired) electrons. The van der Waals surface area contributed by atoms with Crippen molar-refractivity contribution < 1.29 is 12.6 Å². The monoisotopic (exact) mass is 330 g/mol. The van der Waals surface area contributed by atoms with Gasteiger partial charge in [0.25, 0.3) is 10.0 Å². The van der Waals surface area contributed by atoms with Crippen LogP contribution < -0.4 is 10.0 Å². The van der Waals surface area contributed by atoms with E-state index < -0.39 is 26.9 Å². The summed E-state index contributed by atoms with van der Waals surface area (Å²) >= 11 is 0. The van der Waals surface area contributed by atoms with Crippen LogP contribution >= 0.6 is 0 Å². The molecule has 0 spiro atoms. The molecule has 0 aliphatic carbocycles. The van der Waals surface area contributed by atoms with Crippen LogP contribution in [0.25, 0.3) is 5.65 Å². The quantitative estimate of drug-likeness (QED) is 0.801. The van der Waals surface area contributed by atoms with Crippen LogP contribution in [0.15, 0.2) is 29.4 Å². The van der Waals surface area contributed by atoms with Crippen LogP contribution in [0, 0.1) is 0 Å². The van der Waals surface area contributed by atoms with Crippen molar-refractivity contribution in [1.82, 2.24) is 14.1 Å². The Bertz CT molecular complexity index is 770. The second-order valence-corrected chi connectivity index (χ2v) is 7.82. The number of pyridine rings is 1. The first-order valence-corrected chi connectivity index (χ1v) is 9.53. The number of fused-ring (bicyclic) bond motifs is 1. The number of sulfonamides is 1. The average molecular weight is 330 g/mol. The molecule has 0 saturated heterocycles. The van der Waals surface area contributed by atoms with Crippen molar-refractivity contribution in [2.24, 2.45) is 0 Å². The Hall–Kier alpha value is -1.45. The topological polar surface area (TPSA) is 92.6 Å². The molecule has 0 amide bonds. The van der Waals surface area contributed by atoms with Gasteiger partial charge in [-0.25, -0.2) is 18.1 Å². The molecule has 2 unspecified atom stereocenters. The number of nitrogens with zero attached hydrogens (tertiary/aromatic N) is 2. The van der Waals surface area contributed by atoms with Crippen molar-refractivity contribution in [3.8, 4) is 0 Å². The van der Waals surface area contributed by atoms with Crippen LogP contribution in [0.1, 0.15) is 6.92 Å². The summed E-state index contributed by atoms with van der Waals surface area (Å²) < 4.78 is 40.4. The maximum atomic E-state index is 12.6. The zero-order chi connectivity index (χ0) is 15.6. The molecule has 2 rings (SSSR count). The molecule has 0 aliphatic rings. The SMILES string of the molecule is CNc1nc2ccccn2c1S(=O)(=O)NC(C)CS(C)=O. The molecule has 0 aromatic carbocycles. The van der Waals surface area contributed by atoms with Gasteiger partial charge in [0.05, 0.1) is 0 Å². The van der Waals surface area contributed by atoms with Crippen molar-refractivity contribution in [2.75, 3.05) is 24.4 Å². The number of rotatable bonds is 6. The molecule has 2 heterocycles. The van der Waals surface area contributed by atoms with E-state index in [9.17, 15) is 12.6 Å². The first kappa shape index (κ1) is 15.9. The normalized spacial score (nSPS) is 15.0. The molecule has 0 aliphatic heterocycles. The Labute approximate surface area is 126 Å². The number of anilines is 1. The smallest absolute Gasteiger partial charge is 0.260 e. The summed E-state index contributed by atoms with van der Waals surface area (Å²) in [5.41, 5.74) is 0.536. The number of imidazole rings is 1. The Morgan fingerprint density at radius 3 is 2.76 bits per heavy atom. The first-order chi connectivity index (χ1) is 9.85. The lowest BCUT2D eigenvalue weighted by Gasteiger charge is -2.13. The first-order valence-electron chi connectivity index (χ1n) is 6.32. The number of hydrogen-bond acceptors (Lipinski definition) is 5. The molecular formula is C12H18N4O3S2. The Morgan fingerprint density at radius 1 is 1.43 bits per heavy atom. The van der Waals surface area contributed by atoms with Gasteiger partial charge in [0, 0.05) is 42.1 Å². The Kier molecular flexibility index (Phi) is 4.64. The predicted octanol–water partition coefficient (Wildman–Crippen LogP) is 0.421. The van der Waals surface area contributed by atoms with E-state index in [2.05, 4.69) is 15.0 Å². The van der Waals surface area contributed by atoms with Gasteiger partial charge >= 0.3 is 0 Å². The minimum absolute atomic E-state index is 0.0503. The van der Waals surface area contributed by atoms with Crippen LogP contribution in [0.4, 0.5) is 5.82 Å². The summed E-state index contributed by atoms with van der Waals surface area (Å²) in [4.78, 5) is 4.24. The van der Waals surface area contributed by atoms with E-state index in [0.29, 0.717) is 5.65 Å². The zero-order valence-corrected chi connectivity index (χ0v) is 13.7. The van der Waals surface area contributed by atoms with Crippen LogP contribution in [0.2, 0.25) is 0 Å². The van der Waals surface area contributed by atoms with Crippen molar-refractivity contribution in [2.45, 2.75) is 18.0 Å². The van der Waals surface area contributed by atoms with Gasteiger partial charge in [0.15, 0.2) is 10.8 Å². The van der Waals surface area contributed by atoms with Gasteiger partial charge in [-0.2, -0.15) is 0 Å². The molecule has 116 valence electrons. The fourth-order valence-corrected chi connectivity index (χ4v) is 4.53. The minimum atomic E-state index is -3.78. The zero-order valence-electron chi connectivity index (χ0n) is 12.0. The molecule has 2 atom stereocenters. The largest absolute Gasteiger partial charge is 0.371 e. The summed E-state index contributed by atoms with van der Waals surface area (Å²) in [6.07, 6.45) is 3.18. The van der Waals surface area contributed by atoms with E-state index in [0.717, 1.165) is 0 Å². The van der Waals surface area contributed by atoms with Crippen LogP contribution in [-0.2, 0) is 20.8 Å². The van der Waals surface area contributed by atoms with Crippen LogP contribution in [-0.4, -0.2) is 47.1 Å². The second kappa shape index (κ2) is 6.12. The van der Waals surface area contributed by atoms with Crippen molar-refractivity contribution in [3.05, 3.63) is 24.4 Å². The van der Waals surface area contributed by atoms with E-state index in [1.165, 1.54) is 10.7 Å². The highest BCUT2D eigenvalue weighted by atomic mass is 32.2. The maximum Gasteiger partial charge on any atom is 0.260 e. The fourth-order valence-electron chi connectivity index (χ4n) is 2.10. The molecule has 0 saturated carbocycles. The predicted molar refractivity (Wildman–Crippen MR) is 83.5 cm³/mol. The van der Waals surface area contributed by atoms with E-state index >= 15 is 0 Å². The van der Waals surface area contributed by atoms with Gasteiger partial charge in [-0.1, -0.05) is 6.07 Å². The van der Waals surface area contributed by atoms with Crippen molar-refractivity contribution in [1.29, 1.82) is 0 Å². The van der Waals surface area contributed by atoms with E-state index in [1.54, 1.807) is 38.4 Å². The fraction of sp³-hybridized carbons (Fsp3) is 0.417. The summed E-state index contributed by atoms with van der Waals surface area (Å²) in [5, 5.41) is 2.84. The lowest BCUT2D eigenvalue weighted by atomic mass is 10.4. The lowest BCUT2D eigenvalue weighted by Crippen LogP contribution is -2.37. The van der Waals surface area contributed by atoms with Gasteiger partial charge in [0.2, 0.25) is 0 Å². The van der Waals surface area contributed by atoms with Crippen LogP contribution in [0.5, 0.6) is 0 Å². The molecule has 0 fully saturated rings. The van der Waals surface area contributed by atoms with Crippen molar-refractivity contribution >= 4 is 32.3 Å². The highest BCUT2D eigenvalue weighted by Crippen LogP contribution is 2.22. The highest BCUT2D eigenvalue weighted by Gasteiger charge is 2.26. The summed E-state index contributed by atoms with van der Waals surface area (Å²) in [7, 11) is -3.24. The summed E-state index contributed by atoms with van der Waals surface area (Å²) in [6.45, 7) is 1.68. The number of hydrogen-bond donors (Lipinski definition) is 2. The minimum Gasteiger partial charge on any atom is -0.371 e. The maximum absolute atomic E-state index is 12.6. The molecule has 2 aromatic rings. The third kappa shape index (κ3) is 3.42. The van der Waals surface area contributed by atoms with E-state index in [4.69, 9.17) is 0 Å². The number of nitrogens with one attached hydrogen (secondary N) is 2. The van der Waals surface area contributed by atoms with Crippen molar-refractivity contribution in [3.63, 3.8) is 0 Å². The molecule has 9 heteroatoms. The molecule has 7 nitrogen and oxygen atoms in total. The van der Waals surface area contributed by atoms with Gasteiger partial charge in [-0.15, -0.1) is 0 Å². The lowest BCUT2D eigenvalue weighted by molar-refractivity contribution is 0.565.